The lowest BCUT2D eigenvalue weighted by Crippen LogP contribution is -2.63. The lowest BCUT2D eigenvalue weighted by atomic mass is 10.0. The predicted molar refractivity (Wildman–Crippen MR) is 440 cm³/mol. The first-order chi connectivity index (χ1) is 59.4. The zero-order chi connectivity index (χ0) is 94.1. The number of rotatable bonds is 51. The number of carboxylic acid groups (broad SMARTS) is 4. The molecule has 0 unspecified atom stereocenters. The third-order valence-corrected chi connectivity index (χ3v) is 21.0. The van der Waals surface area contributed by atoms with Gasteiger partial charge in [-0.2, -0.15) is 12.6 Å². The van der Waals surface area contributed by atoms with E-state index in [0.717, 1.165) is 28.5 Å². The van der Waals surface area contributed by atoms with Crippen LogP contribution in [0.3, 0.4) is 0 Å². The molecule has 0 radical (unpaired) electrons. The number of aliphatic hydroxyl groups excluding tert-OH is 3. The molecule has 28 N–H and O–H groups in total. The monoisotopic (exact) mass is 1800 g/mol. The standard InChI is InChI=1S/C76H114N22O27S/c1-35(2)57(93-71(120)59(38(5)101)95-66(115)48(32-99)91-61(110)41(77)19-21-54(103)104)74(123)98-26-12-18-52(98)68(117)86-43(20-22-55(105)106)62(111)85-42(15-9-23-82-76(79)80)63(112)94-58(37(4)100)70(119)89-46(28-40-31-81-34-83-40)72(121)96-24-10-16-50(96)67(116)84-36(3)60(109)92-49(33-126)73(122)97-25-11-17-51(97)69(118)88-45(30-56(107)108)65(114)87-44(27-39-13-7-6-8-14-39)64(113)90-47(75(124)125)29-53(78)102/h6-8,13-14,31,34-38,41-52,57-59,99-101,126H,9-12,15-30,32-33,77H2,1-5H3,(H2,78,102)(H,81,83)(H,84,116)(H,85,111)(H,86,117)(H,87,114)(H,88,118)(H,89,119)(H,90,113)(H,91,110)(H,92,109)(H,93,120)(H,94,112)(H,95,115)(H,103,104)(H,105,106)(H,107,108)(H,124,125)(H4,79,80,82)/t36-,37+,38+,41-,42-,43-,44-,45-,46-,47-,48-,49-,50-,51-,52-,57-,58-,59-/m0/s1. The van der Waals surface area contributed by atoms with Gasteiger partial charge in [0.2, 0.25) is 94.5 Å². The van der Waals surface area contributed by atoms with Crippen molar-refractivity contribution in [3.8, 4) is 0 Å². The van der Waals surface area contributed by atoms with Crippen molar-refractivity contribution in [2.45, 2.75) is 246 Å². The molecule has 3 aliphatic heterocycles. The molecule has 2 aromatic rings. The largest absolute Gasteiger partial charge is 0.481 e. The molecule has 1 aromatic carbocycles. The molecule has 0 saturated carbocycles. The fourth-order valence-electron chi connectivity index (χ4n) is 13.9. The lowest BCUT2D eigenvalue weighted by molar-refractivity contribution is -0.145. The van der Waals surface area contributed by atoms with E-state index in [2.05, 4.69) is 91.4 Å². The average Bonchev–Trinajstić information content (AvgIpc) is 1.64. The Balaban J connectivity index is 1.28. The summed E-state index contributed by atoms with van der Waals surface area (Å²) >= 11 is 4.27. The van der Waals surface area contributed by atoms with Crippen LogP contribution in [0.15, 0.2) is 47.8 Å². The van der Waals surface area contributed by atoms with Crippen LogP contribution in [0.5, 0.6) is 0 Å². The number of hydrogen-bond acceptors (Lipinski definition) is 27. The molecule has 3 fully saturated rings. The molecule has 696 valence electrons. The first kappa shape index (κ1) is 104. The van der Waals surface area contributed by atoms with Crippen LogP contribution in [0.4, 0.5) is 0 Å². The van der Waals surface area contributed by atoms with E-state index in [-0.39, 0.29) is 108 Å². The van der Waals surface area contributed by atoms with Gasteiger partial charge in [0.1, 0.15) is 90.6 Å². The van der Waals surface area contributed by atoms with E-state index in [1.807, 2.05) is 0 Å². The Hall–Kier alpha value is -12.7. The molecule has 50 heteroatoms. The molecule has 0 aliphatic carbocycles. The molecule has 4 heterocycles. The number of likely N-dealkylation sites (tertiary alicyclic amines) is 3. The minimum Gasteiger partial charge on any atom is -0.481 e. The number of primary amides is 1. The summed E-state index contributed by atoms with van der Waals surface area (Å²) in [6.45, 7) is 4.92. The summed E-state index contributed by atoms with van der Waals surface area (Å²) in [7, 11) is 0. The van der Waals surface area contributed by atoms with Crippen molar-refractivity contribution >= 4 is 137 Å². The number of benzene rings is 1. The van der Waals surface area contributed by atoms with Crippen LogP contribution in [0.2, 0.25) is 0 Å². The van der Waals surface area contributed by atoms with Crippen molar-refractivity contribution in [1.82, 2.24) is 88.5 Å². The Bertz CT molecular complexity index is 4250. The van der Waals surface area contributed by atoms with Gasteiger partial charge in [0.15, 0.2) is 5.96 Å². The summed E-state index contributed by atoms with van der Waals surface area (Å²) in [6, 6.07) is -18.2. The van der Waals surface area contributed by atoms with E-state index in [9.17, 15) is 127 Å². The zero-order valence-electron chi connectivity index (χ0n) is 69.9. The third kappa shape index (κ3) is 32.1. The lowest BCUT2D eigenvalue weighted by Gasteiger charge is -2.33. The van der Waals surface area contributed by atoms with Gasteiger partial charge in [0.25, 0.3) is 0 Å². The molecule has 49 nitrogen and oxygen atoms in total. The molecule has 16 amide bonds. The molecule has 3 saturated heterocycles. The van der Waals surface area contributed by atoms with Crippen molar-refractivity contribution in [3.63, 3.8) is 0 Å². The van der Waals surface area contributed by atoms with Crippen LogP contribution in [-0.2, 0) is 109 Å². The number of thiol groups is 1. The molecule has 3 aliphatic rings. The number of H-pyrrole nitrogens is 1. The highest BCUT2D eigenvalue weighted by Gasteiger charge is 2.46. The van der Waals surface area contributed by atoms with Gasteiger partial charge in [0, 0.05) is 63.8 Å². The van der Waals surface area contributed by atoms with Crippen LogP contribution >= 0.6 is 12.6 Å². The van der Waals surface area contributed by atoms with E-state index in [1.165, 1.54) is 33.3 Å². The third-order valence-electron chi connectivity index (χ3n) is 20.6. The van der Waals surface area contributed by atoms with Gasteiger partial charge in [-0.3, -0.25) is 96.1 Å². The van der Waals surface area contributed by atoms with E-state index < -0.39 is 278 Å². The van der Waals surface area contributed by atoms with Gasteiger partial charge in [-0.05, 0) is 96.5 Å². The maximum absolute atomic E-state index is 14.9. The number of hydrogen-bond donors (Lipinski definition) is 25. The number of aromatic amines is 1. The molecule has 126 heavy (non-hydrogen) atoms. The fourth-order valence-corrected chi connectivity index (χ4v) is 14.1. The topological polar surface area (TPSA) is 782 Å². The zero-order valence-corrected chi connectivity index (χ0v) is 70.8. The molecule has 5 rings (SSSR count). The van der Waals surface area contributed by atoms with Gasteiger partial charge in [0.05, 0.1) is 49.7 Å². The van der Waals surface area contributed by atoms with Crippen LogP contribution in [0, 0.1) is 5.92 Å². The molecule has 18 atom stereocenters. The Labute approximate surface area is 726 Å². The number of amides is 16. The van der Waals surface area contributed by atoms with E-state index in [1.54, 1.807) is 30.3 Å². The van der Waals surface area contributed by atoms with E-state index in [4.69, 9.17) is 28.0 Å². The van der Waals surface area contributed by atoms with Crippen molar-refractivity contribution in [2.24, 2.45) is 33.8 Å². The van der Waals surface area contributed by atoms with Crippen LogP contribution in [-0.4, -0.2) is 332 Å². The number of aliphatic imine (C=N–C) groups is 1. The molecule has 0 bridgehead atoms. The summed E-state index contributed by atoms with van der Waals surface area (Å²) in [4.78, 5) is 284. The minimum absolute atomic E-state index is 0.00424. The maximum atomic E-state index is 14.9. The van der Waals surface area contributed by atoms with Gasteiger partial charge < -0.3 is 142 Å². The van der Waals surface area contributed by atoms with Crippen molar-refractivity contribution in [3.05, 3.63) is 54.1 Å². The number of carboxylic acids is 4. The number of nitrogens with two attached hydrogens (primary N) is 4. The second-order valence-corrected chi connectivity index (χ2v) is 31.2. The quantitative estimate of drug-likeness (QED) is 0.0127. The van der Waals surface area contributed by atoms with E-state index >= 15 is 0 Å². The second kappa shape index (κ2) is 50.3. The highest BCUT2D eigenvalue weighted by atomic mass is 32.1. The Morgan fingerprint density at radius 3 is 1.42 bits per heavy atom. The number of carbonyl (C=O) groups is 20. The summed E-state index contributed by atoms with van der Waals surface area (Å²) in [5.74, 6) is -24.4. The van der Waals surface area contributed by atoms with Gasteiger partial charge in [-0.15, -0.1) is 0 Å². The Kier molecular flexibility index (Phi) is 41.4. The number of aliphatic hydroxyl groups is 3. The minimum atomic E-state index is -1.97. The molecular formula is C76H114N22O27S. The predicted octanol–water partition coefficient (Wildman–Crippen LogP) is -10.1. The highest BCUT2D eigenvalue weighted by molar-refractivity contribution is 7.80. The van der Waals surface area contributed by atoms with Crippen molar-refractivity contribution in [1.29, 1.82) is 0 Å². The smallest absolute Gasteiger partial charge is 0.326 e. The first-order valence-electron chi connectivity index (χ1n) is 40.5. The SMILES string of the molecule is CC(C)[C@H](NC(=O)[C@@H](NC(=O)[C@H](CO)NC(=O)[C@@H](N)CCC(=O)O)[C@@H](C)O)C(=O)N1CCC[C@H]1C(=O)N[C@@H](CCC(=O)O)C(=O)N[C@@H](CCCN=C(N)N)C(=O)N[C@H](C(=O)N[C@@H](Cc1c[nH]cn1)C(=O)N1CCC[C@H]1C(=O)N[C@@H](C)C(=O)N[C@@H](CS)C(=O)N1CCC[C@H]1C(=O)N[C@@H](CC(=O)O)C(=O)N[C@@H](Cc1ccccc1)C(=O)N[C@@H](CC(N)=O)C(=O)O)[C@@H](C)O. The van der Waals surface area contributed by atoms with Gasteiger partial charge in [-0.1, -0.05) is 44.2 Å². The van der Waals surface area contributed by atoms with Gasteiger partial charge in [-0.25, -0.2) is 9.78 Å². The second-order valence-electron chi connectivity index (χ2n) is 30.8. The summed E-state index contributed by atoms with van der Waals surface area (Å²) in [5.41, 5.74) is 22.6. The summed E-state index contributed by atoms with van der Waals surface area (Å²) in [6.07, 6.45) is -5.70. The number of aliphatic carboxylic acids is 4. The normalized spacial score (nSPS) is 18.4. The number of carbonyl (C=O) groups excluding carboxylic acids is 16. The maximum Gasteiger partial charge on any atom is 0.326 e. The van der Waals surface area contributed by atoms with Crippen molar-refractivity contribution in [2.75, 3.05) is 38.5 Å². The van der Waals surface area contributed by atoms with Gasteiger partial charge >= 0.3 is 23.9 Å². The summed E-state index contributed by atoms with van der Waals surface area (Å²) < 4.78 is 0. The number of imidazole rings is 1. The van der Waals surface area contributed by atoms with E-state index in [0.29, 0.717) is 5.56 Å². The van der Waals surface area contributed by atoms with Crippen molar-refractivity contribution < 1.29 is 132 Å². The van der Waals surface area contributed by atoms with Crippen LogP contribution < -0.4 is 86.7 Å². The number of nitrogens with zero attached hydrogens (tertiary/aromatic N) is 5. The Morgan fingerprint density at radius 2 is 0.929 bits per heavy atom. The summed E-state index contributed by atoms with van der Waals surface area (Å²) in [5, 5.41) is 98.6. The number of aromatic nitrogens is 2. The average molecular weight is 1800 g/mol. The first-order valence-corrected chi connectivity index (χ1v) is 41.1. The number of guanidine groups is 1. The molecule has 1 aromatic heterocycles. The van der Waals surface area contributed by atoms with Crippen LogP contribution in [0.25, 0.3) is 0 Å². The highest BCUT2D eigenvalue weighted by Crippen LogP contribution is 2.25. The fraction of sp³-hybridized carbons (Fsp3) is 0.605. The van der Waals surface area contributed by atoms with Crippen LogP contribution in [0.1, 0.15) is 136 Å². The number of nitrogens with one attached hydrogen (secondary N) is 13. The molecular weight excluding hydrogens is 1690 g/mol. The molecule has 0 spiro atoms. The Morgan fingerprint density at radius 1 is 0.484 bits per heavy atom.